The molecule has 3 heteroatoms. The van der Waals surface area contributed by atoms with E-state index in [2.05, 4.69) is 113 Å². The minimum atomic E-state index is -0.435. The Morgan fingerprint density at radius 3 is 1.59 bits per heavy atom. The van der Waals surface area contributed by atoms with E-state index in [1.54, 1.807) is 0 Å². The highest BCUT2D eigenvalue weighted by Crippen LogP contribution is 2.46. The summed E-state index contributed by atoms with van der Waals surface area (Å²) < 4.78 is 0. The van der Waals surface area contributed by atoms with Gasteiger partial charge in [0.2, 0.25) is 0 Å². The molecule has 4 aromatic rings. The van der Waals surface area contributed by atoms with Gasteiger partial charge in [0.1, 0.15) is 0 Å². The first-order valence-electron chi connectivity index (χ1n) is 11.1. The van der Waals surface area contributed by atoms with Gasteiger partial charge in [-0.1, -0.05) is 97.1 Å². The van der Waals surface area contributed by atoms with Crippen LogP contribution in [-0.2, 0) is 25.2 Å². The summed E-state index contributed by atoms with van der Waals surface area (Å²) in [5, 5.41) is 2.95. The first kappa shape index (κ1) is 19.0. The molecule has 2 aliphatic rings. The van der Waals surface area contributed by atoms with E-state index in [9.17, 15) is 4.79 Å². The standard InChI is InChI=1S/C29H24N2O/c32-28-27-17-23-20-31(19-22(23)16-21(27)18-30-28)29(24-10-4-1-5-11-24,25-12-6-2-7-13-25)26-14-8-3-9-15-26/h1-17H,18-20H2,(H,30,32). The second kappa shape index (κ2) is 7.47. The third kappa shape index (κ3) is 2.82. The molecular formula is C29H24N2O. The van der Waals surface area contributed by atoms with E-state index in [1.165, 1.54) is 27.8 Å². The van der Waals surface area contributed by atoms with Crippen LogP contribution in [-0.4, -0.2) is 10.8 Å². The number of benzene rings is 4. The van der Waals surface area contributed by atoms with E-state index in [0.29, 0.717) is 6.54 Å². The monoisotopic (exact) mass is 416 g/mol. The number of amides is 1. The number of hydrogen-bond donors (Lipinski definition) is 1. The van der Waals surface area contributed by atoms with Gasteiger partial charge in [-0.2, -0.15) is 0 Å². The molecule has 0 fully saturated rings. The minimum Gasteiger partial charge on any atom is -0.348 e. The summed E-state index contributed by atoms with van der Waals surface area (Å²) in [4.78, 5) is 14.8. The van der Waals surface area contributed by atoms with Gasteiger partial charge in [0.15, 0.2) is 0 Å². The van der Waals surface area contributed by atoms with Gasteiger partial charge in [0.25, 0.3) is 5.91 Å². The Labute approximate surface area is 188 Å². The highest BCUT2D eigenvalue weighted by atomic mass is 16.1. The topological polar surface area (TPSA) is 32.3 Å². The summed E-state index contributed by atoms with van der Waals surface area (Å²) in [6.07, 6.45) is 0. The van der Waals surface area contributed by atoms with Crippen molar-refractivity contribution in [2.75, 3.05) is 0 Å². The molecular weight excluding hydrogens is 392 g/mol. The minimum absolute atomic E-state index is 0.0432. The lowest BCUT2D eigenvalue weighted by atomic mass is 9.75. The van der Waals surface area contributed by atoms with Crippen LogP contribution in [0.5, 0.6) is 0 Å². The van der Waals surface area contributed by atoms with Gasteiger partial charge >= 0.3 is 0 Å². The van der Waals surface area contributed by atoms with Crippen molar-refractivity contribution in [3.05, 3.63) is 142 Å². The molecule has 156 valence electrons. The summed E-state index contributed by atoms with van der Waals surface area (Å²) in [6.45, 7) is 2.24. The van der Waals surface area contributed by atoms with Crippen LogP contribution in [0.25, 0.3) is 0 Å². The molecule has 0 bridgehead atoms. The Kier molecular flexibility index (Phi) is 4.44. The predicted molar refractivity (Wildman–Crippen MR) is 126 cm³/mol. The van der Waals surface area contributed by atoms with Crippen molar-refractivity contribution in [1.29, 1.82) is 0 Å². The summed E-state index contributed by atoms with van der Waals surface area (Å²) in [5.41, 5.74) is 7.80. The van der Waals surface area contributed by atoms with Crippen LogP contribution in [0.1, 0.15) is 43.7 Å². The number of carbonyl (C=O) groups is 1. The number of nitrogens with zero attached hydrogens (tertiary/aromatic N) is 1. The summed E-state index contributed by atoms with van der Waals surface area (Å²) in [5.74, 6) is 0.0432. The quantitative estimate of drug-likeness (QED) is 0.462. The number of carbonyl (C=O) groups excluding carboxylic acids is 1. The molecule has 0 saturated heterocycles. The first-order chi connectivity index (χ1) is 15.8. The number of rotatable bonds is 4. The smallest absolute Gasteiger partial charge is 0.251 e. The average molecular weight is 417 g/mol. The van der Waals surface area contributed by atoms with Crippen LogP contribution in [0.2, 0.25) is 0 Å². The predicted octanol–water partition coefficient (Wildman–Crippen LogP) is 5.24. The molecule has 0 atom stereocenters. The van der Waals surface area contributed by atoms with Gasteiger partial charge < -0.3 is 5.32 Å². The zero-order valence-corrected chi connectivity index (χ0v) is 17.8. The molecule has 0 saturated carbocycles. The van der Waals surface area contributed by atoms with E-state index < -0.39 is 5.54 Å². The zero-order valence-electron chi connectivity index (χ0n) is 17.8. The molecule has 0 radical (unpaired) electrons. The van der Waals surface area contributed by atoms with Crippen LogP contribution < -0.4 is 5.32 Å². The molecule has 1 amide bonds. The Bertz CT molecular complexity index is 1190. The SMILES string of the molecule is O=C1NCc2cc3c(cc21)CN(C(c1ccccc1)(c1ccccc1)c1ccccc1)C3. The third-order valence-corrected chi connectivity index (χ3v) is 6.88. The average Bonchev–Trinajstić information content (AvgIpc) is 3.43. The number of fused-ring (bicyclic) bond motifs is 2. The Morgan fingerprint density at radius 2 is 1.09 bits per heavy atom. The molecule has 0 spiro atoms. The van der Waals surface area contributed by atoms with Crippen molar-refractivity contribution in [1.82, 2.24) is 10.2 Å². The number of nitrogens with one attached hydrogen (secondary N) is 1. The highest BCUT2D eigenvalue weighted by Gasteiger charge is 2.44. The second-order valence-electron chi connectivity index (χ2n) is 8.63. The molecule has 1 N–H and O–H groups in total. The van der Waals surface area contributed by atoms with Gasteiger partial charge in [-0.15, -0.1) is 0 Å². The molecule has 6 rings (SSSR count). The lowest BCUT2D eigenvalue weighted by Gasteiger charge is -2.43. The molecule has 0 aliphatic carbocycles. The highest BCUT2D eigenvalue weighted by molar-refractivity contribution is 5.98. The maximum atomic E-state index is 12.3. The van der Waals surface area contributed by atoms with Crippen LogP contribution in [0.3, 0.4) is 0 Å². The molecule has 4 aromatic carbocycles. The van der Waals surface area contributed by atoms with E-state index in [0.717, 1.165) is 24.2 Å². The van der Waals surface area contributed by atoms with E-state index in [4.69, 9.17) is 0 Å². The van der Waals surface area contributed by atoms with Crippen LogP contribution in [0.4, 0.5) is 0 Å². The lowest BCUT2D eigenvalue weighted by Crippen LogP contribution is -2.45. The molecule has 2 heterocycles. The zero-order chi connectivity index (χ0) is 21.5. The van der Waals surface area contributed by atoms with Crippen LogP contribution in [0.15, 0.2) is 103 Å². The normalized spacial score (nSPS) is 15.3. The summed E-state index contributed by atoms with van der Waals surface area (Å²) in [6, 6.07) is 36.7. The van der Waals surface area contributed by atoms with Crippen LogP contribution in [0, 0.1) is 0 Å². The molecule has 32 heavy (non-hydrogen) atoms. The second-order valence-corrected chi connectivity index (χ2v) is 8.63. The number of hydrogen-bond acceptors (Lipinski definition) is 2. The van der Waals surface area contributed by atoms with E-state index >= 15 is 0 Å². The molecule has 0 aromatic heterocycles. The fourth-order valence-corrected chi connectivity index (χ4v) is 5.45. The van der Waals surface area contributed by atoms with Crippen molar-refractivity contribution in [3.63, 3.8) is 0 Å². The van der Waals surface area contributed by atoms with Gasteiger partial charge in [0.05, 0.1) is 5.54 Å². The van der Waals surface area contributed by atoms with Gasteiger partial charge in [-0.05, 0) is 39.4 Å². The van der Waals surface area contributed by atoms with Crippen molar-refractivity contribution in [2.24, 2.45) is 0 Å². The largest absolute Gasteiger partial charge is 0.348 e. The van der Waals surface area contributed by atoms with Crippen molar-refractivity contribution < 1.29 is 4.79 Å². The van der Waals surface area contributed by atoms with Gasteiger partial charge in [0, 0.05) is 25.2 Å². The Hall–Kier alpha value is -3.69. The first-order valence-corrected chi connectivity index (χ1v) is 11.1. The van der Waals surface area contributed by atoms with E-state index in [-0.39, 0.29) is 5.91 Å². The fraction of sp³-hybridized carbons (Fsp3) is 0.138. The lowest BCUT2D eigenvalue weighted by molar-refractivity contribution is 0.0965. The maximum absolute atomic E-state index is 12.3. The van der Waals surface area contributed by atoms with Crippen molar-refractivity contribution in [3.8, 4) is 0 Å². The van der Waals surface area contributed by atoms with Crippen molar-refractivity contribution in [2.45, 2.75) is 25.2 Å². The summed E-state index contributed by atoms with van der Waals surface area (Å²) >= 11 is 0. The van der Waals surface area contributed by atoms with Gasteiger partial charge in [-0.25, -0.2) is 0 Å². The molecule has 2 aliphatic heterocycles. The van der Waals surface area contributed by atoms with Gasteiger partial charge in [-0.3, -0.25) is 9.69 Å². The Morgan fingerprint density at radius 1 is 0.625 bits per heavy atom. The molecule has 0 unspecified atom stereocenters. The summed E-state index contributed by atoms with van der Waals surface area (Å²) in [7, 11) is 0. The Balaban J connectivity index is 1.57. The molecule has 3 nitrogen and oxygen atoms in total. The van der Waals surface area contributed by atoms with E-state index in [1.807, 2.05) is 0 Å². The third-order valence-electron chi connectivity index (χ3n) is 6.88. The fourth-order valence-electron chi connectivity index (χ4n) is 5.45. The maximum Gasteiger partial charge on any atom is 0.251 e. The van der Waals surface area contributed by atoms with Crippen molar-refractivity contribution >= 4 is 5.91 Å². The van der Waals surface area contributed by atoms with Crippen LogP contribution >= 0.6 is 0 Å².